The number of fused-ring (bicyclic) bond motifs is 1. The van der Waals surface area contributed by atoms with Crippen LogP contribution >= 0.6 is 11.3 Å². The number of anilines is 1. The van der Waals surface area contributed by atoms with E-state index in [1.807, 2.05) is 11.4 Å². The zero-order valence-electron chi connectivity index (χ0n) is 11.2. The summed E-state index contributed by atoms with van der Waals surface area (Å²) in [6.07, 6.45) is 2.22. The molecule has 3 heterocycles. The highest BCUT2D eigenvalue weighted by atomic mass is 32.1. The van der Waals surface area contributed by atoms with Gasteiger partial charge in [0.15, 0.2) is 0 Å². The van der Waals surface area contributed by atoms with Crippen molar-refractivity contribution in [3.05, 3.63) is 21.8 Å². The van der Waals surface area contributed by atoms with E-state index in [-0.39, 0.29) is 5.56 Å². The molecule has 0 amide bonds. The Balaban J connectivity index is 1.83. The van der Waals surface area contributed by atoms with Crippen molar-refractivity contribution in [2.45, 2.75) is 18.9 Å². The SMILES string of the molecule is CN(C)C1CCN(c2nc3ccsc3c(=O)[nH]2)CC1. The van der Waals surface area contributed by atoms with E-state index in [2.05, 4.69) is 33.9 Å². The summed E-state index contributed by atoms with van der Waals surface area (Å²) in [5, 5.41) is 1.91. The average Bonchev–Trinajstić information content (AvgIpc) is 2.87. The minimum atomic E-state index is -0.0234. The molecule has 1 fully saturated rings. The lowest BCUT2D eigenvalue weighted by Crippen LogP contribution is -2.43. The van der Waals surface area contributed by atoms with E-state index in [0.29, 0.717) is 16.7 Å². The van der Waals surface area contributed by atoms with Crippen LogP contribution in [-0.4, -0.2) is 48.1 Å². The Bertz CT molecular complexity index is 625. The van der Waals surface area contributed by atoms with Crippen LogP contribution in [0.5, 0.6) is 0 Å². The maximum Gasteiger partial charge on any atom is 0.270 e. The Kier molecular flexibility index (Phi) is 3.28. The zero-order valence-corrected chi connectivity index (χ0v) is 12.0. The molecule has 0 bridgehead atoms. The van der Waals surface area contributed by atoms with E-state index < -0.39 is 0 Å². The Morgan fingerprint density at radius 1 is 1.42 bits per heavy atom. The molecule has 1 N–H and O–H groups in total. The first-order valence-electron chi connectivity index (χ1n) is 6.54. The van der Waals surface area contributed by atoms with E-state index in [9.17, 15) is 4.79 Å². The van der Waals surface area contributed by atoms with Gasteiger partial charge in [-0.05, 0) is 38.4 Å². The Hall–Kier alpha value is -1.40. The average molecular weight is 278 g/mol. The summed E-state index contributed by atoms with van der Waals surface area (Å²) in [4.78, 5) is 23.9. The van der Waals surface area contributed by atoms with Gasteiger partial charge in [-0.25, -0.2) is 4.98 Å². The number of nitrogens with one attached hydrogen (secondary N) is 1. The fraction of sp³-hybridized carbons (Fsp3) is 0.538. The molecule has 0 unspecified atom stereocenters. The van der Waals surface area contributed by atoms with Gasteiger partial charge in [0.2, 0.25) is 5.95 Å². The topological polar surface area (TPSA) is 52.2 Å². The van der Waals surface area contributed by atoms with Crippen LogP contribution in [-0.2, 0) is 0 Å². The van der Waals surface area contributed by atoms with E-state index in [1.54, 1.807) is 0 Å². The summed E-state index contributed by atoms with van der Waals surface area (Å²) < 4.78 is 0.715. The van der Waals surface area contributed by atoms with Gasteiger partial charge in [-0.3, -0.25) is 9.78 Å². The first-order chi connectivity index (χ1) is 9.15. The second-order valence-corrected chi connectivity index (χ2v) is 6.12. The summed E-state index contributed by atoms with van der Waals surface area (Å²) in [5.74, 6) is 0.716. The molecule has 0 aliphatic carbocycles. The van der Waals surface area contributed by atoms with Crippen LogP contribution in [0.1, 0.15) is 12.8 Å². The monoisotopic (exact) mass is 278 g/mol. The van der Waals surface area contributed by atoms with Gasteiger partial charge in [-0.2, -0.15) is 0 Å². The number of H-pyrrole nitrogens is 1. The van der Waals surface area contributed by atoms with Crippen LogP contribution in [0.4, 0.5) is 5.95 Å². The largest absolute Gasteiger partial charge is 0.342 e. The van der Waals surface area contributed by atoms with Crippen molar-refractivity contribution < 1.29 is 0 Å². The first kappa shape index (κ1) is 12.6. The standard InChI is InChI=1S/C13H18N4OS/c1-16(2)9-3-6-17(7-4-9)13-14-10-5-8-19-11(10)12(18)15-13/h5,8-9H,3-4,6-7H2,1-2H3,(H,14,15,18). The lowest BCUT2D eigenvalue weighted by Gasteiger charge is -2.35. The van der Waals surface area contributed by atoms with Gasteiger partial charge >= 0.3 is 0 Å². The molecule has 1 saturated heterocycles. The van der Waals surface area contributed by atoms with Gasteiger partial charge in [-0.15, -0.1) is 11.3 Å². The number of nitrogens with zero attached hydrogens (tertiary/aromatic N) is 3. The van der Waals surface area contributed by atoms with Crippen LogP contribution in [0.3, 0.4) is 0 Å². The molecule has 0 atom stereocenters. The van der Waals surface area contributed by atoms with Crippen molar-refractivity contribution in [2.24, 2.45) is 0 Å². The summed E-state index contributed by atoms with van der Waals surface area (Å²) in [6, 6.07) is 2.54. The zero-order chi connectivity index (χ0) is 13.4. The Morgan fingerprint density at radius 3 is 2.84 bits per heavy atom. The predicted molar refractivity (Wildman–Crippen MR) is 79.2 cm³/mol. The molecule has 102 valence electrons. The fourth-order valence-corrected chi connectivity index (χ4v) is 3.33. The minimum Gasteiger partial charge on any atom is -0.342 e. The fourth-order valence-electron chi connectivity index (χ4n) is 2.60. The number of thiophene rings is 1. The van der Waals surface area contributed by atoms with E-state index >= 15 is 0 Å². The van der Waals surface area contributed by atoms with Crippen molar-refractivity contribution in [1.82, 2.24) is 14.9 Å². The third kappa shape index (κ3) is 2.37. The van der Waals surface area contributed by atoms with Crippen LogP contribution in [0.25, 0.3) is 10.2 Å². The summed E-state index contributed by atoms with van der Waals surface area (Å²) in [5.41, 5.74) is 0.781. The third-order valence-electron chi connectivity index (χ3n) is 3.80. The number of aromatic amines is 1. The highest BCUT2D eigenvalue weighted by molar-refractivity contribution is 7.17. The Morgan fingerprint density at radius 2 is 2.16 bits per heavy atom. The van der Waals surface area contributed by atoms with Gasteiger partial charge in [0.05, 0.1) is 5.52 Å². The van der Waals surface area contributed by atoms with Crippen molar-refractivity contribution >= 4 is 27.5 Å². The molecular weight excluding hydrogens is 260 g/mol. The maximum atomic E-state index is 12.0. The molecule has 0 saturated carbocycles. The third-order valence-corrected chi connectivity index (χ3v) is 4.70. The molecule has 6 heteroatoms. The van der Waals surface area contributed by atoms with E-state index in [0.717, 1.165) is 31.4 Å². The van der Waals surface area contributed by atoms with Gasteiger partial charge in [0.25, 0.3) is 5.56 Å². The van der Waals surface area contributed by atoms with Crippen molar-refractivity contribution in [3.8, 4) is 0 Å². The maximum absolute atomic E-state index is 12.0. The van der Waals surface area contributed by atoms with Crippen LogP contribution < -0.4 is 10.5 Å². The van der Waals surface area contributed by atoms with Gasteiger partial charge in [-0.1, -0.05) is 0 Å². The molecule has 1 aliphatic heterocycles. The number of aromatic nitrogens is 2. The molecule has 2 aromatic heterocycles. The summed E-state index contributed by atoms with van der Waals surface area (Å²) >= 11 is 1.44. The molecule has 3 rings (SSSR count). The van der Waals surface area contributed by atoms with Gasteiger partial charge in [0, 0.05) is 19.1 Å². The molecule has 0 radical (unpaired) electrons. The van der Waals surface area contributed by atoms with Crippen molar-refractivity contribution in [3.63, 3.8) is 0 Å². The van der Waals surface area contributed by atoms with Crippen LogP contribution in [0.2, 0.25) is 0 Å². The minimum absolute atomic E-state index is 0.0234. The van der Waals surface area contributed by atoms with Crippen molar-refractivity contribution in [1.29, 1.82) is 0 Å². The molecule has 2 aromatic rings. The van der Waals surface area contributed by atoms with E-state index in [4.69, 9.17) is 0 Å². The normalized spacial score (nSPS) is 17.5. The van der Waals surface area contributed by atoms with Gasteiger partial charge < -0.3 is 9.80 Å². The van der Waals surface area contributed by atoms with Crippen LogP contribution in [0.15, 0.2) is 16.2 Å². The Labute approximate surface area is 115 Å². The highest BCUT2D eigenvalue weighted by Crippen LogP contribution is 2.20. The first-order valence-corrected chi connectivity index (χ1v) is 7.42. The molecule has 0 spiro atoms. The highest BCUT2D eigenvalue weighted by Gasteiger charge is 2.22. The lowest BCUT2D eigenvalue weighted by molar-refractivity contribution is 0.249. The number of hydrogen-bond acceptors (Lipinski definition) is 5. The van der Waals surface area contributed by atoms with E-state index in [1.165, 1.54) is 11.3 Å². The summed E-state index contributed by atoms with van der Waals surface area (Å²) in [6.45, 7) is 1.89. The van der Waals surface area contributed by atoms with Gasteiger partial charge in [0.1, 0.15) is 4.70 Å². The molecule has 19 heavy (non-hydrogen) atoms. The molecule has 1 aliphatic rings. The second kappa shape index (κ2) is 4.94. The summed E-state index contributed by atoms with van der Waals surface area (Å²) in [7, 11) is 4.25. The second-order valence-electron chi connectivity index (χ2n) is 5.21. The number of piperidine rings is 1. The quantitative estimate of drug-likeness (QED) is 0.905. The smallest absolute Gasteiger partial charge is 0.270 e. The van der Waals surface area contributed by atoms with Crippen molar-refractivity contribution in [2.75, 3.05) is 32.1 Å². The predicted octanol–water partition coefficient (Wildman–Crippen LogP) is 1.52. The number of rotatable bonds is 2. The molecular formula is C13H18N4OS. The lowest BCUT2D eigenvalue weighted by atomic mass is 10.0. The molecule has 0 aromatic carbocycles. The van der Waals surface area contributed by atoms with Crippen LogP contribution in [0, 0.1) is 0 Å². The number of hydrogen-bond donors (Lipinski definition) is 1. The molecule has 5 nitrogen and oxygen atoms in total.